The Labute approximate surface area is 381 Å². The van der Waals surface area contributed by atoms with Gasteiger partial charge in [0.25, 0.3) is 0 Å². The van der Waals surface area contributed by atoms with Crippen molar-refractivity contribution in [3.63, 3.8) is 0 Å². The standard InChI is InChI=1S/C51H82N4O6.C2H2/c1-32(2)10-8-11-35(7)40-20-21-45-42(40)22-23-43-41-19-17-39(30-37(41)14-18-44(43)45)61-27-9-26-52-48(57)24-25-49(58)54-46(28-33(3)4)51(60)55-47(29-34(5)6)50(59)53-38-15-12-36(31-56)13-16-38;1-2/h12-16,32-35,39-47,56H,8-11,17-31H2,1-7H3,(H,52,57)(H,53,59)(H,54,58)(H,55,60);1-2H/t35-,39+,40-,41?,42?,43-,44?,45-,46+,47+;/m1./s1. The fourth-order valence-electron chi connectivity index (χ4n) is 11.6. The number of rotatable bonds is 23. The number of terminal acetylenes is 1. The van der Waals surface area contributed by atoms with Crippen molar-refractivity contribution in [2.24, 2.45) is 59.2 Å². The van der Waals surface area contributed by atoms with Gasteiger partial charge in [0.2, 0.25) is 23.6 Å². The van der Waals surface area contributed by atoms with Crippen LogP contribution in [0, 0.1) is 72.0 Å². The van der Waals surface area contributed by atoms with E-state index < -0.39 is 18.0 Å². The Hall–Kier alpha value is -3.68. The number of allylic oxidation sites excluding steroid dienone is 1. The number of hydrogen-bond acceptors (Lipinski definition) is 6. The van der Waals surface area contributed by atoms with Crippen LogP contribution in [0.2, 0.25) is 0 Å². The molecule has 10 atom stereocenters. The average molecular weight is 873 g/mol. The molecule has 4 aliphatic carbocycles. The molecule has 5 N–H and O–H groups in total. The summed E-state index contributed by atoms with van der Waals surface area (Å²) in [4.78, 5) is 52.5. The van der Waals surface area contributed by atoms with Crippen LogP contribution in [0.3, 0.4) is 0 Å². The second-order valence-electron chi connectivity index (χ2n) is 20.7. The van der Waals surface area contributed by atoms with Crippen LogP contribution in [0.15, 0.2) is 35.9 Å². The molecule has 4 aliphatic rings. The number of hydrogen-bond donors (Lipinski definition) is 5. The summed E-state index contributed by atoms with van der Waals surface area (Å²) >= 11 is 0. The minimum absolute atomic E-state index is 0.0239. The highest BCUT2D eigenvalue weighted by Gasteiger charge is 2.50. The number of anilines is 1. The lowest BCUT2D eigenvalue weighted by Crippen LogP contribution is -2.53. The third kappa shape index (κ3) is 16.1. The molecule has 10 nitrogen and oxygen atoms in total. The Morgan fingerprint density at radius 1 is 0.714 bits per heavy atom. The van der Waals surface area contributed by atoms with Crippen molar-refractivity contribution in [1.29, 1.82) is 0 Å². The quantitative estimate of drug-likeness (QED) is 0.0421. The van der Waals surface area contributed by atoms with Gasteiger partial charge in [-0.1, -0.05) is 91.5 Å². The molecule has 10 heteroatoms. The highest BCUT2D eigenvalue weighted by Crippen LogP contribution is 2.59. The Morgan fingerprint density at radius 3 is 2.03 bits per heavy atom. The molecule has 352 valence electrons. The molecule has 1 aromatic carbocycles. The van der Waals surface area contributed by atoms with Gasteiger partial charge in [-0.05, 0) is 148 Å². The van der Waals surface area contributed by atoms with Crippen LogP contribution in [0.25, 0.3) is 0 Å². The van der Waals surface area contributed by atoms with E-state index in [1.807, 2.05) is 27.7 Å². The molecule has 3 fully saturated rings. The predicted octanol–water partition coefficient (Wildman–Crippen LogP) is 9.36. The third-order valence-electron chi connectivity index (χ3n) is 14.6. The van der Waals surface area contributed by atoms with E-state index in [0.29, 0.717) is 31.7 Å². The fourth-order valence-corrected chi connectivity index (χ4v) is 11.6. The number of aliphatic hydroxyl groups is 1. The summed E-state index contributed by atoms with van der Waals surface area (Å²) in [7, 11) is 0. The molecule has 0 saturated heterocycles. The van der Waals surface area contributed by atoms with E-state index >= 15 is 0 Å². The molecule has 0 radical (unpaired) electrons. The predicted molar refractivity (Wildman–Crippen MR) is 254 cm³/mol. The lowest BCUT2D eigenvalue weighted by atomic mass is 9.56. The summed E-state index contributed by atoms with van der Waals surface area (Å²) in [6.45, 7) is 16.2. The van der Waals surface area contributed by atoms with Gasteiger partial charge in [0.05, 0.1) is 12.7 Å². The summed E-state index contributed by atoms with van der Waals surface area (Å²) in [5, 5.41) is 20.8. The summed E-state index contributed by atoms with van der Waals surface area (Å²) in [5.41, 5.74) is 2.95. The Bertz CT molecular complexity index is 1640. The van der Waals surface area contributed by atoms with Crippen molar-refractivity contribution in [2.45, 2.75) is 176 Å². The van der Waals surface area contributed by atoms with Gasteiger partial charge in [-0.25, -0.2) is 0 Å². The maximum Gasteiger partial charge on any atom is 0.246 e. The van der Waals surface area contributed by atoms with Crippen molar-refractivity contribution in [2.75, 3.05) is 18.5 Å². The third-order valence-corrected chi connectivity index (χ3v) is 14.6. The van der Waals surface area contributed by atoms with Crippen molar-refractivity contribution < 1.29 is 29.0 Å². The molecule has 0 bridgehead atoms. The van der Waals surface area contributed by atoms with Gasteiger partial charge >= 0.3 is 0 Å². The molecule has 63 heavy (non-hydrogen) atoms. The van der Waals surface area contributed by atoms with E-state index in [1.54, 1.807) is 29.8 Å². The van der Waals surface area contributed by atoms with Gasteiger partial charge in [-0.3, -0.25) is 19.2 Å². The van der Waals surface area contributed by atoms with Gasteiger partial charge in [0.1, 0.15) is 12.1 Å². The van der Waals surface area contributed by atoms with Crippen LogP contribution < -0.4 is 21.3 Å². The van der Waals surface area contributed by atoms with Crippen LogP contribution in [-0.4, -0.2) is 60.1 Å². The Morgan fingerprint density at radius 2 is 1.37 bits per heavy atom. The molecule has 0 heterocycles. The average Bonchev–Trinajstić information content (AvgIpc) is 3.70. The number of carbonyl (C=O) groups is 4. The van der Waals surface area contributed by atoms with Crippen LogP contribution in [0.5, 0.6) is 0 Å². The lowest BCUT2D eigenvalue weighted by molar-refractivity contribution is -0.132. The number of carbonyl (C=O) groups excluding carboxylic acids is 4. The second kappa shape index (κ2) is 26.3. The summed E-state index contributed by atoms with van der Waals surface area (Å²) in [6.07, 6.45) is 27.1. The van der Waals surface area contributed by atoms with Crippen LogP contribution in [0.1, 0.15) is 157 Å². The maximum absolute atomic E-state index is 13.5. The molecular formula is C53H84N4O6. The zero-order chi connectivity index (χ0) is 46.1. The highest BCUT2D eigenvalue weighted by molar-refractivity contribution is 5.98. The number of ether oxygens (including phenoxy) is 1. The maximum atomic E-state index is 13.5. The topological polar surface area (TPSA) is 146 Å². The van der Waals surface area contributed by atoms with E-state index in [0.717, 1.165) is 72.2 Å². The fraction of sp³-hybridized carbons (Fsp3) is 0.736. The normalized spacial score (nSPS) is 25.3. The summed E-state index contributed by atoms with van der Waals surface area (Å²) < 4.78 is 6.38. The largest absolute Gasteiger partial charge is 0.392 e. The molecule has 3 unspecified atom stereocenters. The SMILES string of the molecule is C#C.CC(C)CCC[C@@H](C)[C@H]1CC[C@H]2C3CC=C4C[C@@H](OCCCNC(=O)CCC(=O)N[C@@H](CC(C)C)C(=O)N[C@@H](CC(C)C)C(=O)Nc5ccc(CO)cc5)CCC4[C@H]3CCC21. The molecule has 5 rings (SSSR count). The molecular weight excluding hydrogens is 789 g/mol. The number of fused-ring (bicyclic) bond motifs is 5. The van der Waals surface area contributed by atoms with E-state index in [-0.39, 0.29) is 55.1 Å². The molecule has 3 saturated carbocycles. The molecule has 0 spiro atoms. The Kier molecular flexibility index (Phi) is 21.7. The number of nitrogens with one attached hydrogen (secondary N) is 4. The zero-order valence-corrected chi connectivity index (χ0v) is 40.0. The number of amides is 4. The number of benzene rings is 1. The molecule has 0 aliphatic heterocycles. The van der Waals surface area contributed by atoms with Gasteiger partial charge in [-0.2, -0.15) is 0 Å². The highest BCUT2D eigenvalue weighted by atomic mass is 16.5. The summed E-state index contributed by atoms with van der Waals surface area (Å²) in [5.74, 6) is 5.94. The molecule has 4 amide bonds. The van der Waals surface area contributed by atoms with Gasteiger partial charge in [0.15, 0.2) is 0 Å². The monoisotopic (exact) mass is 873 g/mol. The van der Waals surface area contributed by atoms with Gasteiger partial charge < -0.3 is 31.1 Å². The van der Waals surface area contributed by atoms with E-state index in [9.17, 15) is 24.3 Å². The van der Waals surface area contributed by atoms with E-state index in [2.05, 4.69) is 61.0 Å². The van der Waals surface area contributed by atoms with Crippen molar-refractivity contribution in [3.8, 4) is 12.8 Å². The second-order valence-corrected chi connectivity index (χ2v) is 20.7. The van der Waals surface area contributed by atoms with Crippen LogP contribution >= 0.6 is 0 Å². The minimum Gasteiger partial charge on any atom is -0.392 e. The van der Waals surface area contributed by atoms with Gasteiger partial charge in [0, 0.05) is 31.7 Å². The van der Waals surface area contributed by atoms with E-state index in [1.165, 1.54) is 57.8 Å². The molecule has 0 aromatic heterocycles. The van der Waals surface area contributed by atoms with Crippen LogP contribution in [-0.2, 0) is 30.5 Å². The number of aliphatic hydroxyl groups excluding tert-OH is 1. The van der Waals surface area contributed by atoms with Crippen molar-refractivity contribution in [1.82, 2.24) is 16.0 Å². The first-order chi connectivity index (χ1) is 30.2. The zero-order valence-electron chi connectivity index (χ0n) is 40.0. The molecule has 1 aromatic rings. The van der Waals surface area contributed by atoms with Crippen molar-refractivity contribution in [3.05, 3.63) is 41.5 Å². The van der Waals surface area contributed by atoms with E-state index in [4.69, 9.17) is 4.74 Å². The minimum atomic E-state index is -0.840. The van der Waals surface area contributed by atoms with Crippen LogP contribution in [0.4, 0.5) is 5.69 Å². The Balaban J connectivity index is 0.00000429. The first-order valence-corrected chi connectivity index (χ1v) is 24.7. The first-order valence-electron chi connectivity index (χ1n) is 24.7. The van der Waals surface area contributed by atoms with Gasteiger partial charge in [-0.15, -0.1) is 12.8 Å². The van der Waals surface area contributed by atoms with Crippen molar-refractivity contribution >= 4 is 29.3 Å². The smallest absolute Gasteiger partial charge is 0.246 e. The lowest BCUT2D eigenvalue weighted by Gasteiger charge is -2.50. The first kappa shape index (κ1) is 51.9. The summed E-state index contributed by atoms with van der Waals surface area (Å²) in [6, 6.07) is 5.23.